The number of halogens is 2. The van der Waals surface area contributed by atoms with Gasteiger partial charge in [-0.15, -0.1) is 0 Å². The molecule has 0 amide bonds. The molecular formula is C11H13Cl2N. The monoisotopic (exact) mass is 229 g/mol. The molecule has 0 unspecified atom stereocenters. The van der Waals surface area contributed by atoms with Crippen LogP contribution in [0.1, 0.15) is 24.8 Å². The minimum atomic E-state index is 0.262. The van der Waals surface area contributed by atoms with Gasteiger partial charge in [-0.1, -0.05) is 23.2 Å². The molecule has 3 heteroatoms. The van der Waals surface area contributed by atoms with Crippen LogP contribution in [0.5, 0.6) is 0 Å². The highest BCUT2D eigenvalue weighted by atomic mass is 35.5. The summed E-state index contributed by atoms with van der Waals surface area (Å²) in [6.45, 7) is 2.05. The standard InChI is InChI=1S/C11H13Cl2N/c1-6(14)10-5-11(10)7-2-8(12)4-9(13)3-7/h2-4,6,10-11H,5,14H2,1H3/t6-,10+,11-/m1/s1. The summed E-state index contributed by atoms with van der Waals surface area (Å²) < 4.78 is 0. The van der Waals surface area contributed by atoms with Crippen molar-refractivity contribution in [2.45, 2.75) is 25.3 Å². The third kappa shape index (κ3) is 2.05. The van der Waals surface area contributed by atoms with Crippen molar-refractivity contribution in [1.29, 1.82) is 0 Å². The lowest BCUT2D eigenvalue weighted by molar-refractivity contribution is 0.631. The van der Waals surface area contributed by atoms with E-state index < -0.39 is 0 Å². The maximum Gasteiger partial charge on any atom is 0.0423 e. The summed E-state index contributed by atoms with van der Waals surface area (Å²) in [5.41, 5.74) is 7.06. The van der Waals surface area contributed by atoms with E-state index in [0.717, 1.165) is 6.42 Å². The second kappa shape index (κ2) is 3.73. The zero-order valence-electron chi connectivity index (χ0n) is 8.00. The summed E-state index contributed by atoms with van der Waals surface area (Å²) in [6.07, 6.45) is 1.16. The fourth-order valence-electron chi connectivity index (χ4n) is 1.97. The third-order valence-corrected chi connectivity index (χ3v) is 3.26. The molecule has 0 bridgehead atoms. The van der Waals surface area contributed by atoms with Crippen LogP contribution >= 0.6 is 23.2 Å². The quantitative estimate of drug-likeness (QED) is 0.827. The summed E-state index contributed by atoms with van der Waals surface area (Å²) in [4.78, 5) is 0. The first kappa shape index (κ1) is 10.3. The van der Waals surface area contributed by atoms with Gasteiger partial charge >= 0.3 is 0 Å². The average molecular weight is 230 g/mol. The molecule has 3 atom stereocenters. The molecule has 1 saturated carbocycles. The van der Waals surface area contributed by atoms with Gasteiger partial charge in [0.1, 0.15) is 0 Å². The Hall–Kier alpha value is -0.240. The van der Waals surface area contributed by atoms with Gasteiger partial charge in [0.25, 0.3) is 0 Å². The number of benzene rings is 1. The van der Waals surface area contributed by atoms with Crippen molar-refractivity contribution < 1.29 is 0 Å². The lowest BCUT2D eigenvalue weighted by atomic mass is 10.1. The topological polar surface area (TPSA) is 26.0 Å². The fraction of sp³-hybridized carbons (Fsp3) is 0.455. The molecule has 0 aliphatic heterocycles. The van der Waals surface area contributed by atoms with E-state index in [4.69, 9.17) is 28.9 Å². The van der Waals surface area contributed by atoms with E-state index in [1.54, 1.807) is 6.07 Å². The molecule has 76 valence electrons. The molecule has 0 heterocycles. The van der Waals surface area contributed by atoms with Crippen molar-refractivity contribution in [1.82, 2.24) is 0 Å². The minimum absolute atomic E-state index is 0.262. The average Bonchev–Trinajstić information content (AvgIpc) is 2.79. The van der Waals surface area contributed by atoms with Crippen molar-refractivity contribution in [2.75, 3.05) is 0 Å². The molecular weight excluding hydrogens is 217 g/mol. The Bertz CT molecular complexity index is 329. The summed E-state index contributed by atoms with van der Waals surface area (Å²) in [5.74, 6) is 1.16. The Morgan fingerprint density at radius 2 is 1.86 bits per heavy atom. The smallest absolute Gasteiger partial charge is 0.0423 e. The molecule has 0 saturated heterocycles. The summed E-state index contributed by atoms with van der Waals surface area (Å²) in [6, 6.07) is 5.99. The van der Waals surface area contributed by atoms with Gasteiger partial charge in [-0.05, 0) is 48.9 Å². The highest BCUT2D eigenvalue weighted by Gasteiger charge is 2.40. The Balaban J connectivity index is 2.19. The van der Waals surface area contributed by atoms with Crippen molar-refractivity contribution in [3.8, 4) is 0 Å². The molecule has 1 aliphatic rings. The first-order valence-corrected chi connectivity index (χ1v) is 5.55. The first-order valence-electron chi connectivity index (χ1n) is 4.79. The van der Waals surface area contributed by atoms with E-state index >= 15 is 0 Å². The lowest BCUT2D eigenvalue weighted by Crippen LogP contribution is -2.17. The molecule has 2 N–H and O–H groups in total. The highest BCUT2D eigenvalue weighted by molar-refractivity contribution is 6.34. The Kier molecular flexibility index (Phi) is 2.74. The molecule has 0 spiro atoms. The van der Waals surface area contributed by atoms with E-state index in [1.165, 1.54) is 5.56 Å². The number of nitrogens with two attached hydrogens (primary N) is 1. The summed E-state index contributed by atoms with van der Waals surface area (Å²) in [5, 5.41) is 1.42. The molecule has 1 aromatic rings. The highest BCUT2D eigenvalue weighted by Crippen LogP contribution is 2.49. The van der Waals surface area contributed by atoms with E-state index in [9.17, 15) is 0 Å². The molecule has 1 aromatic carbocycles. The minimum Gasteiger partial charge on any atom is -0.328 e. The van der Waals surface area contributed by atoms with Gasteiger partial charge in [0.05, 0.1) is 0 Å². The SMILES string of the molecule is C[C@@H](N)[C@@H]1C[C@@H]1c1cc(Cl)cc(Cl)c1. The maximum atomic E-state index is 5.93. The largest absolute Gasteiger partial charge is 0.328 e. The van der Waals surface area contributed by atoms with Crippen LogP contribution in [0.15, 0.2) is 18.2 Å². The van der Waals surface area contributed by atoms with Crippen molar-refractivity contribution in [3.05, 3.63) is 33.8 Å². The summed E-state index contributed by atoms with van der Waals surface area (Å²) in [7, 11) is 0. The molecule has 1 aliphatic carbocycles. The van der Waals surface area contributed by atoms with Crippen LogP contribution in [0.2, 0.25) is 10.0 Å². The Labute approximate surface area is 94.2 Å². The van der Waals surface area contributed by atoms with Gasteiger partial charge in [0.15, 0.2) is 0 Å². The third-order valence-electron chi connectivity index (χ3n) is 2.83. The second-order valence-corrected chi connectivity index (χ2v) is 4.94. The van der Waals surface area contributed by atoms with Gasteiger partial charge in [-0.3, -0.25) is 0 Å². The first-order chi connectivity index (χ1) is 6.58. The molecule has 14 heavy (non-hydrogen) atoms. The van der Waals surface area contributed by atoms with Gasteiger partial charge < -0.3 is 5.73 Å². The van der Waals surface area contributed by atoms with Gasteiger partial charge in [0.2, 0.25) is 0 Å². The molecule has 2 rings (SSSR count). The number of rotatable bonds is 2. The van der Waals surface area contributed by atoms with Crippen molar-refractivity contribution in [2.24, 2.45) is 11.7 Å². The molecule has 1 fully saturated rings. The van der Waals surface area contributed by atoms with Gasteiger partial charge in [0, 0.05) is 16.1 Å². The molecule has 0 aromatic heterocycles. The summed E-state index contributed by atoms with van der Waals surface area (Å²) >= 11 is 11.9. The van der Waals surface area contributed by atoms with Crippen LogP contribution in [-0.4, -0.2) is 6.04 Å². The zero-order valence-corrected chi connectivity index (χ0v) is 9.52. The Morgan fingerprint density at radius 3 is 2.29 bits per heavy atom. The number of hydrogen-bond donors (Lipinski definition) is 1. The van der Waals surface area contributed by atoms with Gasteiger partial charge in [-0.2, -0.15) is 0 Å². The molecule has 0 radical (unpaired) electrons. The Morgan fingerprint density at radius 1 is 1.29 bits per heavy atom. The van der Waals surface area contributed by atoms with E-state index in [-0.39, 0.29) is 6.04 Å². The van der Waals surface area contributed by atoms with Crippen molar-refractivity contribution in [3.63, 3.8) is 0 Å². The van der Waals surface area contributed by atoms with Crippen LogP contribution in [0.4, 0.5) is 0 Å². The van der Waals surface area contributed by atoms with Crippen molar-refractivity contribution >= 4 is 23.2 Å². The van der Waals surface area contributed by atoms with Crippen LogP contribution in [-0.2, 0) is 0 Å². The van der Waals surface area contributed by atoms with Crippen LogP contribution in [0.3, 0.4) is 0 Å². The number of hydrogen-bond acceptors (Lipinski definition) is 1. The van der Waals surface area contributed by atoms with Crippen LogP contribution < -0.4 is 5.73 Å². The molecule has 1 nitrogen and oxygen atoms in total. The van der Waals surface area contributed by atoms with E-state index in [1.807, 2.05) is 12.1 Å². The van der Waals surface area contributed by atoms with Crippen LogP contribution in [0.25, 0.3) is 0 Å². The van der Waals surface area contributed by atoms with E-state index in [0.29, 0.717) is 21.9 Å². The van der Waals surface area contributed by atoms with Crippen LogP contribution in [0, 0.1) is 5.92 Å². The normalized spacial score (nSPS) is 27.4. The predicted octanol–water partition coefficient (Wildman–Crippen LogP) is 3.44. The zero-order chi connectivity index (χ0) is 10.3. The predicted molar refractivity (Wildman–Crippen MR) is 61.0 cm³/mol. The second-order valence-electron chi connectivity index (χ2n) is 4.07. The van der Waals surface area contributed by atoms with Gasteiger partial charge in [-0.25, -0.2) is 0 Å². The lowest BCUT2D eigenvalue weighted by Gasteiger charge is -2.05. The van der Waals surface area contributed by atoms with E-state index in [2.05, 4.69) is 6.92 Å². The maximum absolute atomic E-state index is 5.93. The fourth-order valence-corrected chi connectivity index (χ4v) is 2.51.